The maximum absolute atomic E-state index is 11.9. The molecule has 0 heterocycles. The molecule has 0 aliphatic rings. The summed E-state index contributed by atoms with van der Waals surface area (Å²) in [6, 6.07) is 2.07. The van der Waals surface area contributed by atoms with E-state index in [1.165, 1.54) is 11.1 Å². The Hall–Kier alpha value is -1.29. The highest BCUT2D eigenvalue weighted by Gasteiger charge is 2.17. The van der Waals surface area contributed by atoms with Crippen LogP contribution in [0.1, 0.15) is 59.8 Å². The lowest BCUT2D eigenvalue weighted by molar-refractivity contribution is -0.120. The van der Waals surface area contributed by atoms with Gasteiger partial charge in [-0.15, -0.1) is 11.8 Å². The van der Waals surface area contributed by atoms with E-state index in [-0.39, 0.29) is 16.9 Å². The zero-order valence-electron chi connectivity index (χ0n) is 14.5. The Morgan fingerprint density at radius 3 is 2.41 bits per heavy atom. The fourth-order valence-corrected chi connectivity index (χ4v) is 3.76. The lowest BCUT2D eigenvalue weighted by atomic mass is 9.92. The van der Waals surface area contributed by atoms with Gasteiger partial charge in [-0.1, -0.05) is 13.0 Å². The molecule has 0 spiro atoms. The van der Waals surface area contributed by atoms with Crippen molar-refractivity contribution in [1.82, 2.24) is 5.32 Å². The van der Waals surface area contributed by atoms with Gasteiger partial charge in [0, 0.05) is 17.9 Å². The second kappa shape index (κ2) is 8.37. The summed E-state index contributed by atoms with van der Waals surface area (Å²) in [7, 11) is 0. The number of amides is 1. The Balaban J connectivity index is 2.88. The van der Waals surface area contributed by atoms with Gasteiger partial charge >= 0.3 is 0 Å². The number of thioether (sulfide) groups is 1. The summed E-state index contributed by atoms with van der Waals surface area (Å²) in [5.41, 5.74) is 5.28. The van der Waals surface area contributed by atoms with E-state index in [0.717, 1.165) is 35.4 Å². The number of rotatable bonds is 7. The summed E-state index contributed by atoms with van der Waals surface area (Å²) in [4.78, 5) is 23.8. The number of carbonyl (C=O) groups is 2. The molecule has 4 heteroatoms. The highest BCUT2D eigenvalue weighted by atomic mass is 32.2. The molecule has 1 N–H and O–H groups in total. The summed E-state index contributed by atoms with van der Waals surface area (Å²) in [5.74, 6) is 0.940. The summed E-state index contributed by atoms with van der Waals surface area (Å²) in [6.07, 6.45) is 0.946. The third-order valence-corrected chi connectivity index (χ3v) is 5.05. The Labute approximate surface area is 138 Å². The number of nitrogens with one attached hydrogen (secondary N) is 1. The predicted octanol–water partition coefficient (Wildman–Crippen LogP) is 3.96. The first-order chi connectivity index (χ1) is 10.3. The second-order valence-corrected chi connectivity index (χ2v) is 7.12. The lowest BCUT2D eigenvalue weighted by Gasteiger charge is -2.17. The third kappa shape index (κ3) is 4.60. The standard InChI is InChI=1S/C18H27NO2S/c1-7-8-19-18(21)15(6)22-10-16-11(2)9-12(3)17(13(16)4)14(5)20/h9,15H,7-8,10H2,1-6H3,(H,19,21). The topological polar surface area (TPSA) is 46.2 Å². The second-order valence-electron chi connectivity index (χ2n) is 5.79. The van der Waals surface area contributed by atoms with Crippen molar-refractivity contribution in [2.45, 2.75) is 59.0 Å². The van der Waals surface area contributed by atoms with E-state index in [2.05, 4.69) is 18.3 Å². The minimum Gasteiger partial charge on any atom is -0.355 e. The Morgan fingerprint density at radius 1 is 1.23 bits per heavy atom. The smallest absolute Gasteiger partial charge is 0.232 e. The molecule has 0 bridgehead atoms. The van der Waals surface area contributed by atoms with Gasteiger partial charge in [-0.25, -0.2) is 0 Å². The molecule has 0 saturated carbocycles. The molecule has 1 amide bonds. The van der Waals surface area contributed by atoms with Gasteiger partial charge in [0.1, 0.15) is 0 Å². The summed E-state index contributed by atoms with van der Waals surface area (Å²) >= 11 is 1.62. The van der Waals surface area contributed by atoms with Gasteiger partial charge in [-0.2, -0.15) is 0 Å². The van der Waals surface area contributed by atoms with Crippen LogP contribution in [0.3, 0.4) is 0 Å². The highest BCUT2D eigenvalue weighted by Crippen LogP contribution is 2.28. The van der Waals surface area contributed by atoms with Crippen LogP contribution in [0.2, 0.25) is 0 Å². The zero-order valence-corrected chi connectivity index (χ0v) is 15.3. The maximum atomic E-state index is 11.9. The number of aryl methyl sites for hydroxylation is 2. The fraction of sp³-hybridized carbons (Fsp3) is 0.556. The fourth-order valence-electron chi connectivity index (χ4n) is 2.67. The SMILES string of the molecule is CCCNC(=O)C(C)SCc1c(C)cc(C)c(C(C)=O)c1C. The van der Waals surface area contributed by atoms with Crippen molar-refractivity contribution in [1.29, 1.82) is 0 Å². The summed E-state index contributed by atoms with van der Waals surface area (Å²) in [5, 5.41) is 2.83. The van der Waals surface area contributed by atoms with Crippen molar-refractivity contribution in [3.05, 3.63) is 33.9 Å². The molecule has 1 atom stereocenters. The molecule has 0 aliphatic heterocycles. The van der Waals surface area contributed by atoms with E-state index in [1.807, 2.05) is 27.7 Å². The van der Waals surface area contributed by atoms with Crippen LogP contribution >= 0.6 is 11.8 Å². The molecule has 22 heavy (non-hydrogen) atoms. The van der Waals surface area contributed by atoms with E-state index in [1.54, 1.807) is 18.7 Å². The number of Topliss-reactive ketones (excluding diaryl/α,β-unsaturated/α-hetero) is 1. The van der Waals surface area contributed by atoms with Crippen LogP contribution in [0, 0.1) is 20.8 Å². The maximum Gasteiger partial charge on any atom is 0.232 e. The molecular weight excluding hydrogens is 294 g/mol. The van der Waals surface area contributed by atoms with Crippen LogP contribution in [0.15, 0.2) is 6.07 Å². The number of ketones is 1. The zero-order chi connectivity index (χ0) is 16.9. The molecular formula is C18H27NO2S. The molecule has 1 aromatic rings. The third-order valence-electron chi connectivity index (χ3n) is 3.88. The lowest BCUT2D eigenvalue weighted by Crippen LogP contribution is -2.31. The van der Waals surface area contributed by atoms with Crippen molar-refractivity contribution in [2.24, 2.45) is 0 Å². The predicted molar refractivity (Wildman–Crippen MR) is 94.7 cm³/mol. The van der Waals surface area contributed by atoms with Gasteiger partial charge < -0.3 is 5.32 Å². The monoisotopic (exact) mass is 321 g/mol. The molecule has 122 valence electrons. The van der Waals surface area contributed by atoms with E-state index < -0.39 is 0 Å². The molecule has 0 aliphatic carbocycles. The average Bonchev–Trinajstić information content (AvgIpc) is 2.43. The molecule has 0 saturated heterocycles. The normalized spacial score (nSPS) is 12.1. The summed E-state index contributed by atoms with van der Waals surface area (Å²) < 4.78 is 0. The van der Waals surface area contributed by atoms with Gasteiger partial charge in [0.15, 0.2) is 5.78 Å². The van der Waals surface area contributed by atoms with Crippen molar-refractivity contribution in [3.8, 4) is 0 Å². The first-order valence-corrected chi connectivity index (χ1v) is 8.84. The van der Waals surface area contributed by atoms with E-state index >= 15 is 0 Å². The van der Waals surface area contributed by atoms with Gasteiger partial charge in [0.25, 0.3) is 0 Å². The first kappa shape index (κ1) is 18.8. The van der Waals surface area contributed by atoms with Crippen molar-refractivity contribution >= 4 is 23.5 Å². The highest BCUT2D eigenvalue weighted by molar-refractivity contribution is 7.99. The Kier molecular flexibility index (Phi) is 7.14. The minimum atomic E-state index is -0.0903. The van der Waals surface area contributed by atoms with Crippen molar-refractivity contribution in [3.63, 3.8) is 0 Å². The van der Waals surface area contributed by atoms with Gasteiger partial charge in [0.05, 0.1) is 5.25 Å². The number of hydrogen-bond acceptors (Lipinski definition) is 3. The van der Waals surface area contributed by atoms with Crippen molar-refractivity contribution in [2.75, 3.05) is 6.54 Å². The Morgan fingerprint density at radius 2 is 1.86 bits per heavy atom. The molecule has 0 aromatic heterocycles. The van der Waals surface area contributed by atoms with Gasteiger partial charge in [0.2, 0.25) is 5.91 Å². The van der Waals surface area contributed by atoms with Crippen LogP contribution in [-0.2, 0) is 10.5 Å². The summed E-state index contributed by atoms with van der Waals surface area (Å²) in [6.45, 7) is 12.4. The average molecular weight is 321 g/mol. The minimum absolute atomic E-state index is 0.0843. The number of carbonyl (C=O) groups excluding carboxylic acids is 2. The van der Waals surface area contributed by atoms with E-state index in [4.69, 9.17) is 0 Å². The van der Waals surface area contributed by atoms with Crippen molar-refractivity contribution < 1.29 is 9.59 Å². The molecule has 1 unspecified atom stereocenters. The van der Waals surface area contributed by atoms with Crippen LogP contribution in [0.25, 0.3) is 0 Å². The molecule has 0 radical (unpaired) electrons. The quantitative estimate of drug-likeness (QED) is 0.773. The van der Waals surface area contributed by atoms with Gasteiger partial charge in [-0.05, 0) is 63.3 Å². The van der Waals surface area contributed by atoms with Crippen LogP contribution < -0.4 is 5.32 Å². The van der Waals surface area contributed by atoms with Crippen LogP contribution in [0.5, 0.6) is 0 Å². The van der Waals surface area contributed by atoms with E-state index in [9.17, 15) is 9.59 Å². The van der Waals surface area contributed by atoms with E-state index in [0.29, 0.717) is 0 Å². The molecule has 1 aromatic carbocycles. The Bertz CT molecular complexity index is 567. The first-order valence-electron chi connectivity index (χ1n) is 7.79. The van der Waals surface area contributed by atoms with Gasteiger partial charge in [-0.3, -0.25) is 9.59 Å². The number of benzene rings is 1. The molecule has 1 rings (SSSR count). The number of hydrogen-bond donors (Lipinski definition) is 1. The molecule has 3 nitrogen and oxygen atoms in total. The molecule has 0 fully saturated rings. The van der Waals surface area contributed by atoms with Crippen LogP contribution in [0.4, 0.5) is 0 Å². The van der Waals surface area contributed by atoms with Crippen LogP contribution in [-0.4, -0.2) is 23.5 Å². The largest absolute Gasteiger partial charge is 0.355 e.